The summed E-state index contributed by atoms with van der Waals surface area (Å²) in [5.41, 5.74) is 0. The Balaban J connectivity index is 4.33. The summed E-state index contributed by atoms with van der Waals surface area (Å²) in [6.07, 6.45) is 37.1. The van der Waals surface area contributed by atoms with Crippen LogP contribution in [0.1, 0.15) is 194 Å². The van der Waals surface area contributed by atoms with Crippen LogP contribution < -0.4 is 0 Å². The number of esters is 2. The predicted molar refractivity (Wildman–Crippen MR) is 215 cm³/mol. The van der Waals surface area contributed by atoms with Gasteiger partial charge in [0.25, 0.3) is 0 Å². The van der Waals surface area contributed by atoms with Crippen LogP contribution in [0.3, 0.4) is 0 Å². The van der Waals surface area contributed by atoms with E-state index in [-0.39, 0.29) is 19.4 Å². The number of ether oxygens (including phenoxy) is 2. The molecule has 0 fully saturated rings. The fourth-order valence-electron chi connectivity index (χ4n) is 5.75. The second kappa shape index (κ2) is 38.7. The van der Waals surface area contributed by atoms with Crippen molar-refractivity contribution < 1.29 is 47.8 Å². The molecule has 0 radical (unpaired) electrons. The number of hydrogen-bond acceptors (Lipinski definition) is 9. The van der Waals surface area contributed by atoms with Crippen LogP contribution in [0.4, 0.5) is 0 Å². The average Bonchev–Trinajstić information content (AvgIpc) is 3.14. The van der Waals surface area contributed by atoms with E-state index in [0.29, 0.717) is 12.8 Å². The SMILES string of the molecule is CCCCCCCC/C=C/CCCCCCCC(=O)OCC(COP(=O)(O)OCC(O)CO)OC(=O)CCCCCCC/C=C/CCCCCCCC. The molecule has 0 saturated heterocycles. The van der Waals surface area contributed by atoms with Gasteiger partial charge in [0.1, 0.15) is 12.7 Å². The van der Waals surface area contributed by atoms with E-state index in [9.17, 15) is 24.2 Å². The molecule has 3 N–H and O–H groups in total. The number of aliphatic hydroxyl groups is 2. The lowest BCUT2D eigenvalue weighted by Crippen LogP contribution is -2.29. The molecule has 0 saturated carbocycles. The highest BCUT2D eigenvalue weighted by Crippen LogP contribution is 2.43. The van der Waals surface area contributed by atoms with Crippen molar-refractivity contribution in [1.82, 2.24) is 0 Å². The van der Waals surface area contributed by atoms with Gasteiger partial charge in [-0.05, 0) is 64.2 Å². The molecule has 0 aromatic rings. The summed E-state index contributed by atoms with van der Waals surface area (Å²) in [6.45, 7) is 2.36. The molecule has 53 heavy (non-hydrogen) atoms. The molecule has 11 heteroatoms. The molecular formula is C42H79O10P. The number of phosphoric ester groups is 1. The maximum Gasteiger partial charge on any atom is 0.472 e. The topological polar surface area (TPSA) is 149 Å². The minimum atomic E-state index is -4.62. The van der Waals surface area contributed by atoms with Gasteiger partial charge in [-0.1, -0.05) is 141 Å². The van der Waals surface area contributed by atoms with Crippen LogP contribution in [-0.4, -0.2) is 65.7 Å². The van der Waals surface area contributed by atoms with Crippen molar-refractivity contribution in [3.8, 4) is 0 Å². The number of hydrogen-bond donors (Lipinski definition) is 3. The van der Waals surface area contributed by atoms with Gasteiger partial charge in [0, 0.05) is 12.8 Å². The summed E-state index contributed by atoms with van der Waals surface area (Å²) in [7, 11) is -4.62. The number of rotatable bonds is 40. The zero-order chi connectivity index (χ0) is 39.1. The van der Waals surface area contributed by atoms with Crippen molar-refractivity contribution >= 4 is 19.8 Å². The van der Waals surface area contributed by atoms with Crippen LogP contribution in [0.25, 0.3) is 0 Å². The Hall–Kier alpha value is -1.55. The Bertz CT molecular complexity index is 941. The largest absolute Gasteiger partial charge is 0.472 e. The van der Waals surface area contributed by atoms with Crippen molar-refractivity contribution in [2.75, 3.05) is 26.4 Å². The van der Waals surface area contributed by atoms with Crippen molar-refractivity contribution in [1.29, 1.82) is 0 Å². The molecule has 0 aliphatic rings. The second-order valence-electron chi connectivity index (χ2n) is 14.4. The third-order valence-corrected chi connectivity index (χ3v) is 10.0. The third-order valence-electron chi connectivity index (χ3n) is 9.08. The molecular weight excluding hydrogens is 695 g/mol. The Morgan fingerprint density at radius 2 is 0.925 bits per heavy atom. The summed E-state index contributed by atoms with van der Waals surface area (Å²) in [5, 5.41) is 18.3. The van der Waals surface area contributed by atoms with E-state index >= 15 is 0 Å². The Labute approximate surface area is 323 Å². The first-order valence-electron chi connectivity index (χ1n) is 21.3. The lowest BCUT2D eigenvalue weighted by Gasteiger charge is -2.20. The quantitative estimate of drug-likeness (QED) is 0.0238. The Morgan fingerprint density at radius 3 is 1.36 bits per heavy atom. The molecule has 3 unspecified atom stereocenters. The molecule has 0 aromatic heterocycles. The lowest BCUT2D eigenvalue weighted by atomic mass is 10.1. The van der Waals surface area contributed by atoms with Crippen molar-refractivity contribution in [3.63, 3.8) is 0 Å². The first-order valence-corrected chi connectivity index (χ1v) is 22.8. The highest BCUT2D eigenvalue weighted by atomic mass is 31.2. The average molecular weight is 775 g/mol. The molecule has 0 bridgehead atoms. The number of allylic oxidation sites excluding steroid dienone is 4. The molecule has 0 aliphatic carbocycles. The van der Waals surface area contributed by atoms with Gasteiger partial charge in [0.05, 0.1) is 19.8 Å². The van der Waals surface area contributed by atoms with Gasteiger partial charge in [0.2, 0.25) is 0 Å². The van der Waals surface area contributed by atoms with Crippen molar-refractivity contribution in [2.45, 2.75) is 206 Å². The monoisotopic (exact) mass is 775 g/mol. The number of carbonyl (C=O) groups is 2. The number of unbranched alkanes of at least 4 members (excludes halogenated alkanes) is 22. The highest BCUT2D eigenvalue weighted by Gasteiger charge is 2.27. The summed E-state index contributed by atoms with van der Waals surface area (Å²) in [5.74, 6) is -0.940. The van der Waals surface area contributed by atoms with Crippen LogP contribution in [0, 0.1) is 0 Å². The first-order chi connectivity index (χ1) is 25.7. The number of phosphoric acid groups is 1. The van der Waals surface area contributed by atoms with Gasteiger partial charge in [0.15, 0.2) is 6.10 Å². The minimum absolute atomic E-state index is 0.174. The third kappa shape index (κ3) is 38.5. The van der Waals surface area contributed by atoms with Crippen LogP contribution in [0.2, 0.25) is 0 Å². The predicted octanol–water partition coefficient (Wildman–Crippen LogP) is 11.0. The van der Waals surface area contributed by atoms with Gasteiger partial charge in [-0.2, -0.15) is 0 Å². The van der Waals surface area contributed by atoms with E-state index in [0.717, 1.165) is 70.6 Å². The van der Waals surface area contributed by atoms with Crippen molar-refractivity contribution in [3.05, 3.63) is 24.3 Å². The molecule has 0 aromatic carbocycles. The van der Waals surface area contributed by atoms with Gasteiger partial charge < -0.3 is 24.6 Å². The summed E-state index contributed by atoms with van der Waals surface area (Å²) in [6, 6.07) is 0. The van der Waals surface area contributed by atoms with Crippen LogP contribution >= 0.6 is 7.82 Å². The molecule has 312 valence electrons. The highest BCUT2D eigenvalue weighted by molar-refractivity contribution is 7.47. The zero-order valence-electron chi connectivity index (χ0n) is 33.7. The molecule has 0 aliphatic heterocycles. The van der Waals surface area contributed by atoms with E-state index < -0.39 is 51.8 Å². The first kappa shape index (κ1) is 51.5. The molecule has 0 rings (SSSR count). The van der Waals surface area contributed by atoms with Crippen LogP contribution in [0.5, 0.6) is 0 Å². The number of carbonyl (C=O) groups excluding carboxylic acids is 2. The smallest absolute Gasteiger partial charge is 0.462 e. The summed E-state index contributed by atoms with van der Waals surface area (Å²) in [4.78, 5) is 34.9. The summed E-state index contributed by atoms with van der Waals surface area (Å²) >= 11 is 0. The van der Waals surface area contributed by atoms with Crippen LogP contribution in [0.15, 0.2) is 24.3 Å². The Morgan fingerprint density at radius 1 is 0.547 bits per heavy atom. The fraction of sp³-hybridized carbons (Fsp3) is 0.857. The maximum absolute atomic E-state index is 12.6. The molecule has 10 nitrogen and oxygen atoms in total. The number of aliphatic hydroxyl groups excluding tert-OH is 2. The molecule has 3 atom stereocenters. The summed E-state index contributed by atoms with van der Waals surface area (Å²) < 4.78 is 32.7. The minimum Gasteiger partial charge on any atom is -0.462 e. The maximum atomic E-state index is 12.6. The van der Waals surface area contributed by atoms with E-state index in [1.807, 2.05) is 0 Å². The van der Waals surface area contributed by atoms with Gasteiger partial charge in [-0.25, -0.2) is 4.57 Å². The normalized spacial score (nSPS) is 14.1. The molecule has 0 amide bonds. The zero-order valence-corrected chi connectivity index (χ0v) is 34.6. The standard InChI is InChI=1S/C42H79O10P/c1-3-5-7-9-11-13-15-17-19-21-23-25-27-29-31-33-41(45)49-37-40(38-51-53(47,48)50-36-39(44)35-43)52-42(46)34-32-30-28-26-24-22-20-18-16-14-12-10-8-6-4-2/h17-20,39-40,43-44H,3-16,21-38H2,1-2H3,(H,47,48)/b19-17+,20-18+. The fourth-order valence-corrected chi connectivity index (χ4v) is 6.54. The van der Waals surface area contributed by atoms with E-state index in [1.165, 1.54) is 83.5 Å². The molecule has 0 heterocycles. The van der Waals surface area contributed by atoms with Gasteiger partial charge in [-0.3, -0.25) is 18.6 Å². The van der Waals surface area contributed by atoms with E-state index in [4.69, 9.17) is 19.1 Å². The lowest BCUT2D eigenvalue weighted by molar-refractivity contribution is -0.161. The second-order valence-corrected chi connectivity index (χ2v) is 15.8. The van der Waals surface area contributed by atoms with Gasteiger partial charge in [-0.15, -0.1) is 0 Å². The Kier molecular flexibility index (Phi) is 37.6. The van der Waals surface area contributed by atoms with Crippen LogP contribution in [-0.2, 0) is 32.7 Å². The van der Waals surface area contributed by atoms with E-state index in [2.05, 4.69) is 42.7 Å². The molecule has 0 spiro atoms. The van der Waals surface area contributed by atoms with Crippen molar-refractivity contribution in [2.24, 2.45) is 0 Å². The van der Waals surface area contributed by atoms with Gasteiger partial charge >= 0.3 is 19.8 Å². The van der Waals surface area contributed by atoms with E-state index in [1.54, 1.807) is 0 Å².